The molecule has 156 valence electrons. The lowest BCUT2D eigenvalue weighted by molar-refractivity contribution is -0.154. The van der Waals surface area contributed by atoms with E-state index in [0.717, 1.165) is 50.3 Å². The van der Waals surface area contributed by atoms with Crippen LogP contribution in [0.4, 0.5) is 5.95 Å². The summed E-state index contributed by atoms with van der Waals surface area (Å²) in [4.78, 5) is 34.4. The third-order valence-electron chi connectivity index (χ3n) is 4.85. The molecule has 1 atom stereocenters. The molecule has 1 aliphatic rings. The van der Waals surface area contributed by atoms with E-state index < -0.39 is 5.92 Å². The van der Waals surface area contributed by atoms with Crippen LogP contribution in [0.5, 0.6) is 0 Å². The molecule has 1 fully saturated rings. The van der Waals surface area contributed by atoms with Crippen LogP contribution in [0.2, 0.25) is 0 Å². The smallest absolute Gasteiger partial charge is 0.243 e. The number of hydroxylamine groups is 2. The predicted octanol–water partition coefficient (Wildman–Crippen LogP) is 1.87. The molecule has 1 aromatic rings. The van der Waals surface area contributed by atoms with Gasteiger partial charge in [-0.15, -0.1) is 0 Å². The number of carbonyl (C=O) groups excluding carboxylic acids is 2. The number of nitrogens with one attached hydrogen (secondary N) is 2. The second-order valence-electron chi connectivity index (χ2n) is 7.34. The van der Waals surface area contributed by atoms with Gasteiger partial charge in [0.15, 0.2) is 0 Å². The highest BCUT2D eigenvalue weighted by Gasteiger charge is 2.21. The quantitative estimate of drug-likeness (QED) is 0.215. The zero-order valence-electron chi connectivity index (χ0n) is 16.9. The van der Waals surface area contributed by atoms with Gasteiger partial charge in [0.05, 0.1) is 18.2 Å². The predicted molar refractivity (Wildman–Crippen MR) is 105 cm³/mol. The summed E-state index contributed by atoms with van der Waals surface area (Å²) in [5, 5.41) is 9.97. The number of hydrogen-bond acceptors (Lipinski definition) is 7. The van der Waals surface area contributed by atoms with E-state index in [4.69, 9.17) is 0 Å². The fraction of sp³-hybridized carbons (Fsp3) is 0.684. The first-order chi connectivity index (χ1) is 13.5. The first kappa shape index (κ1) is 22.0. The minimum Gasteiger partial charge on any atom is -0.298 e. The fourth-order valence-corrected chi connectivity index (χ4v) is 3.37. The number of amides is 2. The zero-order chi connectivity index (χ0) is 20.4. The van der Waals surface area contributed by atoms with Crippen molar-refractivity contribution in [3.63, 3.8) is 0 Å². The maximum atomic E-state index is 12.5. The first-order valence-electron chi connectivity index (χ1n) is 10.1. The molecule has 1 aliphatic heterocycles. The molecule has 2 amide bonds. The highest BCUT2D eigenvalue weighted by atomic mass is 16.5. The van der Waals surface area contributed by atoms with E-state index in [1.807, 2.05) is 13.0 Å². The summed E-state index contributed by atoms with van der Waals surface area (Å²) in [6.45, 7) is 6.85. The Hall–Kier alpha value is -2.26. The summed E-state index contributed by atoms with van der Waals surface area (Å²) in [5.74, 6) is -0.475. The largest absolute Gasteiger partial charge is 0.298 e. The lowest BCUT2D eigenvalue weighted by Gasteiger charge is -2.20. The average Bonchev–Trinajstić information content (AvgIpc) is 3.17. The van der Waals surface area contributed by atoms with Gasteiger partial charge in [0, 0.05) is 12.2 Å². The zero-order valence-corrected chi connectivity index (χ0v) is 16.9. The molecular weight excluding hydrogens is 360 g/mol. The van der Waals surface area contributed by atoms with Gasteiger partial charge in [0.25, 0.3) is 0 Å². The van der Waals surface area contributed by atoms with Crippen LogP contribution < -0.4 is 10.9 Å². The van der Waals surface area contributed by atoms with Gasteiger partial charge < -0.3 is 0 Å². The van der Waals surface area contributed by atoms with E-state index in [-0.39, 0.29) is 12.5 Å². The Bertz CT molecular complexity index is 636. The fourth-order valence-electron chi connectivity index (χ4n) is 3.37. The molecule has 0 bridgehead atoms. The third kappa shape index (κ3) is 7.40. The van der Waals surface area contributed by atoms with Gasteiger partial charge in [-0.2, -0.15) is 0 Å². The Labute approximate surface area is 166 Å². The highest BCUT2D eigenvalue weighted by Crippen LogP contribution is 2.14. The van der Waals surface area contributed by atoms with Crippen molar-refractivity contribution in [2.24, 2.45) is 5.92 Å². The summed E-state index contributed by atoms with van der Waals surface area (Å²) in [6, 6.07) is 1.95. The van der Waals surface area contributed by atoms with Crippen molar-refractivity contribution in [3.8, 4) is 0 Å². The van der Waals surface area contributed by atoms with Crippen molar-refractivity contribution in [3.05, 3.63) is 17.5 Å². The van der Waals surface area contributed by atoms with Crippen LogP contribution >= 0.6 is 0 Å². The Morgan fingerprint density at radius 1 is 1.36 bits per heavy atom. The summed E-state index contributed by atoms with van der Waals surface area (Å²) < 4.78 is 0. The third-order valence-corrected chi connectivity index (χ3v) is 4.85. The van der Waals surface area contributed by atoms with Crippen molar-refractivity contribution in [2.75, 3.05) is 25.1 Å². The number of carbonyl (C=O) groups is 2. The van der Waals surface area contributed by atoms with E-state index >= 15 is 0 Å². The van der Waals surface area contributed by atoms with E-state index in [2.05, 4.69) is 32.6 Å². The lowest BCUT2D eigenvalue weighted by Crippen LogP contribution is -2.40. The van der Waals surface area contributed by atoms with Gasteiger partial charge in [0.1, 0.15) is 0 Å². The first-order valence-corrected chi connectivity index (χ1v) is 10.1. The molecule has 1 aromatic heterocycles. The maximum Gasteiger partial charge on any atom is 0.243 e. The van der Waals surface area contributed by atoms with Crippen molar-refractivity contribution in [2.45, 2.75) is 58.9 Å². The second kappa shape index (κ2) is 11.6. The molecule has 9 nitrogen and oxygen atoms in total. The van der Waals surface area contributed by atoms with E-state index in [1.165, 1.54) is 12.8 Å². The van der Waals surface area contributed by atoms with E-state index in [1.54, 1.807) is 0 Å². The summed E-state index contributed by atoms with van der Waals surface area (Å²) in [5.41, 5.74) is 7.14. The van der Waals surface area contributed by atoms with E-state index in [9.17, 15) is 14.8 Å². The standard InChI is InChI=1S/C19H32N6O3/c1-3-4-5-8-16(12-25(28)14-26)18(27)22-23-19-20-15(2)11-17(21-19)13-24-9-6-7-10-24/h11,14,16,28H,3-10,12-13H2,1-2H3,(H,22,27)(H,20,21,23)/t16-/m0/s1. The highest BCUT2D eigenvalue weighted by molar-refractivity contribution is 5.80. The number of aromatic nitrogens is 2. The molecular formula is C19H32N6O3. The van der Waals surface area contributed by atoms with Crippen LogP contribution in [0.3, 0.4) is 0 Å². The number of anilines is 1. The van der Waals surface area contributed by atoms with Gasteiger partial charge in [-0.3, -0.25) is 30.5 Å². The Morgan fingerprint density at radius 3 is 2.79 bits per heavy atom. The molecule has 0 unspecified atom stereocenters. The van der Waals surface area contributed by atoms with E-state index in [0.29, 0.717) is 23.8 Å². The number of likely N-dealkylation sites (tertiary alicyclic amines) is 1. The van der Waals surface area contributed by atoms with Crippen molar-refractivity contribution in [1.29, 1.82) is 0 Å². The molecule has 28 heavy (non-hydrogen) atoms. The molecule has 9 heteroatoms. The van der Waals surface area contributed by atoms with Crippen LogP contribution in [0.25, 0.3) is 0 Å². The van der Waals surface area contributed by atoms with Gasteiger partial charge in [0.2, 0.25) is 18.3 Å². The summed E-state index contributed by atoms with van der Waals surface area (Å²) >= 11 is 0. The van der Waals surface area contributed by atoms with Gasteiger partial charge in [-0.1, -0.05) is 26.2 Å². The van der Waals surface area contributed by atoms with Crippen LogP contribution in [0, 0.1) is 12.8 Å². The second-order valence-corrected chi connectivity index (χ2v) is 7.34. The lowest BCUT2D eigenvalue weighted by atomic mass is 10.0. The number of hydrogen-bond donors (Lipinski definition) is 3. The van der Waals surface area contributed by atoms with Crippen LogP contribution in [-0.2, 0) is 16.1 Å². The average molecular weight is 393 g/mol. The van der Waals surface area contributed by atoms with Crippen molar-refractivity contribution < 1.29 is 14.8 Å². The van der Waals surface area contributed by atoms with Crippen molar-refractivity contribution >= 4 is 18.3 Å². The summed E-state index contributed by atoms with van der Waals surface area (Å²) in [7, 11) is 0. The minimum absolute atomic E-state index is 0.0460. The Kier molecular flexibility index (Phi) is 9.09. The number of unbranched alkanes of at least 4 members (excludes halogenated alkanes) is 2. The molecule has 2 heterocycles. The SMILES string of the molecule is CCCCC[C@@H](CN(O)C=O)C(=O)NNc1nc(C)cc(CN2CCCC2)n1. The molecule has 3 N–H and O–H groups in total. The van der Waals surface area contributed by atoms with Gasteiger partial charge in [-0.25, -0.2) is 15.0 Å². The molecule has 0 saturated carbocycles. The van der Waals surface area contributed by atoms with Gasteiger partial charge in [-0.05, 0) is 45.3 Å². The minimum atomic E-state index is -0.511. The topological polar surface area (TPSA) is 111 Å². The summed E-state index contributed by atoms with van der Waals surface area (Å²) in [6.07, 6.45) is 6.19. The molecule has 1 saturated heterocycles. The molecule has 0 aromatic carbocycles. The van der Waals surface area contributed by atoms with Crippen molar-refractivity contribution in [1.82, 2.24) is 25.4 Å². The molecule has 0 aliphatic carbocycles. The number of rotatable bonds is 12. The number of aryl methyl sites for hydroxylation is 1. The maximum absolute atomic E-state index is 12.5. The monoisotopic (exact) mass is 392 g/mol. The van der Waals surface area contributed by atoms with Crippen LogP contribution in [0.15, 0.2) is 6.07 Å². The van der Waals surface area contributed by atoms with Crippen LogP contribution in [-0.4, -0.2) is 57.1 Å². The number of nitrogens with zero attached hydrogens (tertiary/aromatic N) is 4. The van der Waals surface area contributed by atoms with Gasteiger partial charge >= 0.3 is 0 Å². The molecule has 0 radical (unpaired) electrons. The molecule has 2 rings (SSSR count). The molecule has 0 spiro atoms. The Balaban J connectivity index is 1.94. The normalized spacial score (nSPS) is 15.2. The Morgan fingerprint density at radius 2 is 2.11 bits per heavy atom. The van der Waals surface area contributed by atoms with Crippen LogP contribution in [0.1, 0.15) is 56.8 Å². The number of hydrazine groups is 1.